The number of amidine groups is 1. The third kappa shape index (κ3) is 4.54. The first-order valence-electron chi connectivity index (χ1n) is 7.39. The predicted molar refractivity (Wildman–Crippen MR) is 81.1 cm³/mol. The van der Waals surface area contributed by atoms with Crippen molar-refractivity contribution in [2.75, 3.05) is 7.11 Å². The van der Waals surface area contributed by atoms with Crippen molar-refractivity contribution in [1.29, 1.82) is 5.26 Å². The number of halogens is 6. The molecule has 0 bridgehead atoms. The lowest BCUT2D eigenvalue weighted by molar-refractivity contribution is -0.147. The third-order valence-electron chi connectivity index (χ3n) is 3.77. The van der Waals surface area contributed by atoms with Gasteiger partial charge in [-0.15, -0.1) is 0 Å². The molecule has 0 radical (unpaired) electrons. The second kappa shape index (κ2) is 7.15. The van der Waals surface area contributed by atoms with Crippen molar-refractivity contribution in [3.05, 3.63) is 29.3 Å². The lowest BCUT2D eigenvalue weighted by Gasteiger charge is -2.23. The van der Waals surface area contributed by atoms with Gasteiger partial charge >= 0.3 is 12.4 Å². The van der Waals surface area contributed by atoms with Crippen molar-refractivity contribution in [1.82, 2.24) is 5.48 Å². The van der Waals surface area contributed by atoms with Gasteiger partial charge in [-0.2, -0.15) is 41.8 Å². The molecule has 2 rings (SSSR count). The van der Waals surface area contributed by atoms with Crippen LogP contribution in [0.1, 0.15) is 24.5 Å². The molecule has 0 spiro atoms. The average Bonchev–Trinajstić information content (AvgIpc) is 2.97. The molecule has 1 aliphatic heterocycles. The normalized spacial score (nSPS) is 23.4. The quantitative estimate of drug-likeness (QED) is 0.360. The lowest BCUT2D eigenvalue weighted by Crippen LogP contribution is -2.43. The summed E-state index contributed by atoms with van der Waals surface area (Å²) in [6, 6.07) is 2.03. The molecule has 0 fully saturated rings. The number of hydrogen-bond donors (Lipinski definition) is 1. The van der Waals surface area contributed by atoms with Crippen LogP contribution in [0.25, 0.3) is 0 Å². The van der Waals surface area contributed by atoms with E-state index in [-0.39, 0.29) is 11.5 Å². The van der Waals surface area contributed by atoms with Gasteiger partial charge in [0.15, 0.2) is 11.9 Å². The van der Waals surface area contributed by atoms with Crippen LogP contribution in [0, 0.1) is 11.3 Å². The number of benzene rings is 1. The minimum atomic E-state index is -4.80. The fourth-order valence-electron chi connectivity index (χ4n) is 2.39. The minimum Gasteiger partial charge on any atom is -0.278 e. The molecule has 27 heavy (non-hydrogen) atoms. The highest BCUT2D eigenvalue weighted by atomic mass is 19.4. The summed E-state index contributed by atoms with van der Waals surface area (Å²) in [7, 11) is 1.16. The molecular weight excluding hydrogens is 380 g/mol. The van der Waals surface area contributed by atoms with Crippen LogP contribution in [-0.4, -0.2) is 30.7 Å². The van der Waals surface area contributed by atoms with Crippen LogP contribution in [0.4, 0.5) is 32.0 Å². The second-order valence-corrected chi connectivity index (χ2v) is 5.86. The maximum atomic E-state index is 13.1. The number of azo groups is 1. The highest BCUT2D eigenvalue weighted by molar-refractivity contribution is 5.93. The topological polar surface area (TPSA) is 82.1 Å². The van der Waals surface area contributed by atoms with Crippen molar-refractivity contribution in [3.8, 4) is 6.07 Å². The summed E-state index contributed by atoms with van der Waals surface area (Å²) in [5, 5.41) is 15.6. The van der Waals surface area contributed by atoms with Crippen LogP contribution in [-0.2, 0) is 11.0 Å². The largest absolute Gasteiger partial charge is 0.417 e. The Morgan fingerprint density at radius 1 is 1.33 bits per heavy atom. The van der Waals surface area contributed by atoms with E-state index >= 15 is 0 Å². The molecule has 1 heterocycles. The fourth-order valence-corrected chi connectivity index (χ4v) is 2.39. The number of rotatable bonds is 3. The predicted octanol–water partition coefficient (Wildman–Crippen LogP) is 4.30. The molecule has 0 aliphatic carbocycles. The van der Waals surface area contributed by atoms with Crippen molar-refractivity contribution in [3.63, 3.8) is 0 Å². The van der Waals surface area contributed by atoms with Crippen molar-refractivity contribution in [2.45, 2.75) is 37.3 Å². The zero-order valence-electron chi connectivity index (χ0n) is 14.0. The van der Waals surface area contributed by atoms with E-state index in [0.29, 0.717) is 6.07 Å². The van der Waals surface area contributed by atoms with Crippen LogP contribution in [0.3, 0.4) is 0 Å². The Balaban J connectivity index is 2.45. The first kappa shape index (κ1) is 20.6. The Morgan fingerprint density at radius 2 is 2.00 bits per heavy atom. The van der Waals surface area contributed by atoms with E-state index in [2.05, 4.69) is 25.5 Å². The van der Waals surface area contributed by atoms with E-state index < -0.39 is 41.5 Å². The summed E-state index contributed by atoms with van der Waals surface area (Å²) in [6.45, 7) is 1.29. The van der Waals surface area contributed by atoms with Crippen molar-refractivity contribution < 1.29 is 31.2 Å². The lowest BCUT2D eigenvalue weighted by atomic mass is 9.94. The van der Waals surface area contributed by atoms with Crippen molar-refractivity contribution in [2.24, 2.45) is 15.2 Å². The monoisotopic (exact) mass is 393 g/mol. The highest BCUT2D eigenvalue weighted by Gasteiger charge is 2.50. The van der Waals surface area contributed by atoms with Crippen LogP contribution >= 0.6 is 0 Å². The van der Waals surface area contributed by atoms with Crippen LogP contribution in [0.5, 0.6) is 0 Å². The summed E-state index contributed by atoms with van der Waals surface area (Å²) in [5.74, 6) is -0.252. The molecule has 1 aliphatic rings. The number of nitriles is 1. The van der Waals surface area contributed by atoms with E-state index in [1.54, 1.807) is 0 Å². The second-order valence-electron chi connectivity index (χ2n) is 5.86. The molecule has 2 atom stereocenters. The van der Waals surface area contributed by atoms with E-state index in [1.165, 1.54) is 13.0 Å². The maximum Gasteiger partial charge on any atom is 0.417 e. The molecule has 0 amide bonds. The number of alkyl halides is 6. The summed E-state index contributed by atoms with van der Waals surface area (Å²) in [4.78, 5) is 8.60. The van der Waals surface area contributed by atoms with Gasteiger partial charge in [-0.1, -0.05) is 0 Å². The summed E-state index contributed by atoms with van der Waals surface area (Å²) < 4.78 is 77.7. The van der Waals surface area contributed by atoms with Gasteiger partial charge in [0.25, 0.3) is 0 Å². The van der Waals surface area contributed by atoms with Crippen LogP contribution in [0.2, 0.25) is 0 Å². The van der Waals surface area contributed by atoms with Gasteiger partial charge in [0, 0.05) is 6.42 Å². The average molecular weight is 393 g/mol. The highest BCUT2D eigenvalue weighted by Crippen LogP contribution is 2.38. The van der Waals surface area contributed by atoms with Crippen LogP contribution in [0.15, 0.2) is 33.4 Å². The molecule has 0 aromatic heterocycles. The maximum absolute atomic E-state index is 13.1. The number of aliphatic imine (C=N–C) groups is 1. The van der Waals surface area contributed by atoms with Gasteiger partial charge in [0.1, 0.15) is 5.54 Å². The Hall–Kier alpha value is -2.68. The first-order chi connectivity index (χ1) is 12.4. The summed E-state index contributed by atoms with van der Waals surface area (Å²) in [6.07, 6.45) is -10.0. The molecule has 6 nitrogen and oxygen atoms in total. The number of nitrogens with one attached hydrogen (secondary N) is 1. The van der Waals surface area contributed by atoms with Gasteiger partial charge in [-0.3, -0.25) is 10.3 Å². The molecule has 1 aromatic rings. The summed E-state index contributed by atoms with van der Waals surface area (Å²) >= 11 is 0. The van der Waals surface area contributed by atoms with Crippen LogP contribution < -0.4 is 5.48 Å². The molecule has 0 saturated carbocycles. The number of hydrogen-bond acceptors (Lipinski definition) is 5. The Bertz CT molecular complexity index is 810. The minimum absolute atomic E-state index is 0.243. The van der Waals surface area contributed by atoms with E-state index in [9.17, 15) is 26.3 Å². The zero-order chi connectivity index (χ0) is 20.5. The molecule has 0 saturated heterocycles. The smallest absolute Gasteiger partial charge is 0.278 e. The Kier molecular flexibility index (Phi) is 5.46. The number of nitrogens with zero attached hydrogens (tertiary/aromatic N) is 4. The molecule has 146 valence electrons. The van der Waals surface area contributed by atoms with E-state index in [4.69, 9.17) is 5.26 Å². The van der Waals surface area contributed by atoms with E-state index in [1.807, 2.05) is 0 Å². The molecular formula is C15H13F6N5O. The Morgan fingerprint density at radius 3 is 2.48 bits per heavy atom. The number of hydroxylamine groups is 1. The molecule has 2 unspecified atom stereocenters. The first-order valence-corrected chi connectivity index (χ1v) is 7.39. The Labute approximate surface area is 149 Å². The standard InChI is InChI=1S/C15H13F6N5O/c1-13(6-11(24-26-13)15(19,20)21)12(25-27-2)23-9-4-3-8(7-22)10(5-9)14(16,17)18/h3-5,11H,6H2,1-2H3,(H,23,25). The molecule has 1 N–H and O–H groups in total. The van der Waals surface area contributed by atoms with Gasteiger partial charge in [-0.25, -0.2) is 4.99 Å². The molecule has 12 heteroatoms. The third-order valence-corrected chi connectivity index (χ3v) is 3.77. The van der Waals surface area contributed by atoms with Gasteiger partial charge in [-0.05, 0) is 25.1 Å². The van der Waals surface area contributed by atoms with Gasteiger partial charge in [0.2, 0.25) is 0 Å². The molecule has 1 aromatic carbocycles. The van der Waals surface area contributed by atoms with Gasteiger partial charge in [0.05, 0.1) is 30.0 Å². The fraction of sp³-hybridized carbons (Fsp3) is 0.467. The van der Waals surface area contributed by atoms with E-state index in [0.717, 1.165) is 19.2 Å². The SMILES string of the molecule is CONC(=Nc1ccc(C#N)c(C(F)(F)F)c1)C1(C)CC(C(F)(F)F)N=N1. The zero-order valence-corrected chi connectivity index (χ0v) is 14.0. The summed E-state index contributed by atoms with van der Waals surface area (Å²) in [5.41, 5.74) is -1.39. The van der Waals surface area contributed by atoms with Gasteiger partial charge < -0.3 is 0 Å². The van der Waals surface area contributed by atoms with Crippen molar-refractivity contribution >= 4 is 11.5 Å².